The molecule has 3 saturated heterocycles. The molecule has 44 heavy (non-hydrogen) atoms. The first-order valence-corrected chi connectivity index (χ1v) is 15.8. The maximum atomic E-state index is 15.7. The zero-order valence-corrected chi connectivity index (χ0v) is 26.4. The second-order valence-electron chi connectivity index (χ2n) is 12.8. The van der Waals surface area contributed by atoms with Crippen molar-refractivity contribution in [1.82, 2.24) is 25.1 Å². The third-order valence-corrected chi connectivity index (χ3v) is 9.80. The van der Waals surface area contributed by atoms with Crippen LogP contribution in [0, 0.1) is 11.2 Å². The molecule has 2 N–H and O–H groups in total. The van der Waals surface area contributed by atoms with Gasteiger partial charge >= 0.3 is 0 Å². The number of ether oxygens (including phenoxy) is 2. The third kappa shape index (κ3) is 5.10. The topological polar surface area (TPSA) is 97.6 Å². The summed E-state index contributed by atoms with van der Waals surface area (Å²) >= 11 is 12.8. The molecule has 3 aliphatic heterocycles. The number of pyridine rings is 2. The molecule has 9 nitrogen and oxygen atoms in total. The van der Waals surface area contributed by atoms with E-state index in [1.165, 1.54) is 18.5 Å². The highest BCUT2D eigenvalue weighted by Crippen LogP contribution is 2.44. The Kier molecular flexibility index (Phi) is 7.49. The number of hydrogen-bond acceptors (Lipinski definition) is 8. The third-order valence-electron chi connectivity index (χ3n) is 9.20. The summed E-state index contributed by atoms with van der Waals surface area (Å²) in [6, 6.07) is 7.20. The van der Waals surface area contributed by atoms with E-state index in [4.69, 9.17) is 37.8 Å². The van der Waals surface area contributed by atoms with Crippen LogP contribution in [0.3, 0.4) is 0 Å². The van der Waals surface area contributed by atoms with E-state index in [-0.39, 0.29) is 17.7 Å². The number of aliphatic hydroxyl groups is 1. The number of hydrogen-bond donors (Lipinski definition) is 2. The number of nitrogens with one attached hydrogen (secondary N) is 1. The van der Waals surface area contributed by atoms with Gasteiger partial charge in [-0.15, -0.1) is 0 Å². The molecule has 0 amide bonds. The second-order valence-corrected chi connectivity index (χ2v) is 13.6. The van der Waals surface area contributed by atoms with Crippen molar-refractivity contribution in [3.8, 4) is 17.0 Å². The Morgan fingerprint density at radius 1 is 1.14 bits per heavy atom. The van der Waals surface area contributed by atoms with E-state index in [0.717, 1.165) is 30.2 Å². The summed E-state index contributed by atoms with van der Waals surface area (Å²) in [6.45, 7) is 8.27. The van der Waals surface area contributed by atoms with Crippen LogP contribution in [0.4, 0.5) is 10.2 Å². The van der Waals surface area contributed by atoms with Crippen molar-refractivity contribution in [2.45, 2.75) is 64.0 Å². The van der Waals surface area contributed by atoms with Crippen LogP contribution in [0.5, 0.6) is 5.75 Å². The summed E-state index contributed by atoms with van der Waals surface area (Å²) in [7, 11) is 0. The van der Waals surface area contributed by atoms with Gasteiger partial charge in [-0.05, 0) is 57.4 Å². The van der Waals surface area contributed by atoms with Crippen LogP contribution >= 0.6 is 23.2 Å². The van der Waals surface area contributed by atoms with Gasteiger partial charge in [-0.3, -0.25) is 4.98 Å². The summed E-state index contributed by atoms with van der Waals surface area (Å²) < 4.78 is 30.0. The molecular formula is C32H35Cl2FN6O3. The first-order valence-electron chi connectivity index (χ1n) is 15.0. The molecule has 0 saturated carbocycles. The quantitative estimate of drug-likeness (QED) is 0.242. The molecule has 232 valence electrons. The molecule has 0 bridgehead atoms. The van der Waals surface area contributed by atoms with Crippen molar-refractivity contribution in [1.29, 1.82) is 0 Å². The van der Waals surface area contributed by atoms with Gasteiger partial charge in [-0.2, -0.15) is 5.10 Å². The summed E-state index contributed by atoms with van der Waals surface area (Å²) in [6.07, 6.45) is 6.98. The molecule has 0 aliphatic carbocycles. The van der Waals surface area contributed by atoms with Crippen LogP contribution in [-0.4, -0.2) is 62.7 Å². The predicted molar refractivity (Wildman–Crippen MR) is 168 cm³/mol. The molecule has 7 rings (SSSR count). The standard InChI is InChI=1S/C32H35Cl2FN6O3/c1-18(27-22(33)13-36-14-23(27)34)44-20-7-8-25-21(11-20)28(39-41(25)26-6-4-5-9-43-26)19-10-24(35)29(37-12-19)40-16-31(2,17-40)30-32(3,42)15-38-30/h7-8,10-14,18,26,30,38,42H,4-6,9,15-17H2,1-3H3/t18-,26?,30?,32?/m1/s1. The summed E-state index contributed by atoms with van der Waals surface area (Å²) in [5, 5.41) is 20.5. The Balaban J connectivity index is 1.21. The number of β-amino-alcohol motifs (C(OH)–C–C–N with tert-alkyl or cyclic N) is 1. The van der Waals surface area contributed by atoms with Crippen molar-refractivity contribution in [2.24, 2.45) is 5.41 Å². The zero-order chi connectivity index (χ0) is 30.8. The lowest BCUT2D eigenvalue weighted by Gasteiger charge is -2.60. The first kappa shape index (κ1) is 29.7. The molecule has 0 spiro atoms. The van der Waals surface area contributed by atoms with Gasteiger partial charge in [-0.25, -0.2) is 14.1 Å². The van der Waals surface area contributed by atoms with Gasteiger partial charge in [0.05, 0.1) is 21.2 Å². The van der Waals surface area contributed by atoms with Gasteiger partial charge in [0.25, 0.3) is 0 Å². The lowest BCUT2D eigenvalue weighted by Crippen LogP contribution is -2.78. The van der Waals surface area contributed by atoms with E-state index in [9.17, 15) is 5.11 Å². The van der Waals surface area contributed by atoms with Crippen molar-refractivity contribution in [3.63, 3.8) is 0 Å². The molecule has 1 aromatic carbocycles. The van der Waals surface area contributed by atoms with Crippen LogP contribution < -0.4 is 15.0 Å². The number of rotatable bonds is 7. The van der Waals surface area contributed by atoms with Gasteiger partial charge in [0, 0.05) is 72.8 Å². The molecule has 3 unspecified atom stereocenters. The largest absolute Gasteiger partial charge is 0.486 e. The predicted octanol–water partition coefficient (Wildman–Crippen LogP) is 6.33. The van der Waals surface area contributed by atoms with E-state index >= 15 is 4.39 Å². The summed E-state index contributed by atoms with van der Waals surface area (Å²) in [5.41, 5.74) is 1.74. The van der Waals surface area contributed by atoms with Crippen molar-refractivity contribution in [2.75, 3.05) is 31.1 Å². The Morgan fingerprint density at radius 3 is 2.55 bits per heavy atom. The van der Waals surface area contributed by atoms with Crippen molar-refractivity contribution < 1.29 is 19.0 Å². The van der Waals surface area contributed by atoms with E-state index in [2.05, 4.69) is 22.2 Å². The van der Waals surface area contributed by atoms with E-state index in [0.29, 0.717) is 64.7 Å². The summed E-state index contributed by atoms with van der Waals surface area (Å²) in [5.74, 6) is 0.468. The van der Waals surface area contributed by atoms with Gasteiger partial charge in [0.1, 0.15) is 17.5 Å². The van der Waals surface area contributed by atoms with E-state index < -0.39 is 17.5 Å². The highest BCUT2D eigenvalue weighted by molar-refractivity contribution is 6.35. The highest BCUT2D eigenvalue weighted by Gasteiger charge is 2.56. The van der Waals surface area contributed by atoms with Crippen LogP contribution in [0.1, 0.15) is 57.9 Å². The van der Waals surface area contributed by atoms with Gasteiger partial charge in [0.2, 0.25) is 0 Å². The smallest absolute Gasteiger partial charge is 0.166 e. The second kappa shape index (κ2) is 11.1. The fraction of sp³-hybridized carbons (Fsp3) is 0.469. The normalized spacial score (nSPS) is 25.4. The average Bonchev–Trinajstić information content (AvgIpc) is 3.34. The Bertz CT molecular complexity index is 1700. The van der Waals surface area contributed by atoms with E-state index in [1.807, 2.05) is 41.6 Å². The van der Waals surface area contributed by atoms with Gasteiger partial charge in [0.15, 0.2) is 17.9 Å². The molecule has 3 fully saturated rings. The maximum absolute atomic E-state index is 15.7. The van der Waals surface area contributed by atoms with Crippen LogP contribution in [0.25, 0.3) is 22.2 Å². The molecule has 0 radical (unpaired) electrons. The minimum atomic E-state index is -0.754. The van der Waals surface area contributed by atoms with Crippen LogP contribution in [0.2, 0.25) is 10.0 Å². The van der Waals surface area contributed by atoms with Crippen LogP contribution in [0.15, 0.2) is 42.9 Å². The highest BCUT2D eigenvalue weighted by atomic mass is 35.5. The summed E-state index contributed by atoms with van der Waals surface area (Å²) in [4.78, 5) is 10.5. The monoisotopic (exact) mass is 640 g/mol. The molecule has 4 aromatic rings. The fourth-order valence-corrected chi connectivity index (χ4v) is 7.74. The lowest BCUT2D eigenvalue weighted by atomic mass is 9.65. The van der Waals surface area contributed by atoms with Crippen molar-refractivity contribution in [3.05, 3.63) is 64.3 Å². The lowest BCUT2D eigenvalue weighted by molar-refractivity contribution is -0.0981. The minimum Gasteiger partial charge on any atom is -0.486 e. The number of fused-ring (bicyclic) bond motifs is 1. The van der Waals surface area contributed by atoms with Gasteiger partial charge < -0.3 is 24.8 Å². The zero-order valence-electron chi connectivity index (χ0n) is 24.9. The maximum Gasteiger partial charge on any atom is 0.166 e. The minimum absolute atomic E-state index is 0.0318. The molecule has 6 heterocycles. The average molecular weight is 642 g/mol. The fourth-order valence-electron chi connectivity index (χ4n) is 7.06. The SMILES string of the molecule is C[C@@H](Oc1ccc2c(c1)c(-c1cnc(N3CC(C)(C4NCC4(C)O)C3)c(F)c1)nn2C1CCCCO1)c1c(Cl)cncc1Cl. The number of nitrogens with zero attached hydrogens (tertiary/aromatic N) is 5. The molecule has 3 aliphatic rings. The molecular weight excluding hydrogens is 606 g/mol. The Hall–Kier alpha value is -3.02. The molecule has 12 heteroatoms. The Morgan fingerprint density at radius 2 is 1.91 bits per heavy atom. The Labute approximate surface area is 265 Å². The van der Waals surface area contributed by atoms with Gasteiger partial charge in [-0.1, -0.05) is 30.1 Å². The number of benzene rings is 1. The molecule has 4 atom stereocenters. The molecule has 3 aromatic heterocycles. The van der Waals surface area contributed by atoms with E-state index in [1.54, 1.807) is 6.20 Å². The number of aromatic nitrogens is 4. The number of halogens is 3. The van der Waals surface area contributed by atoms with Crippen LogP contribution in [-0.2, 0) is 4.74 Å². The van der Waals surface area contributed by atoms with Crippen molar-refractivity contribution >= 4 is 39.9 Å². The number of anilines is 1. The first-order chi connectivity index (χ1) is 21.0.